The number of aliphatic imine (C=N–C) groups is 1. The first-order valence-corrected chi connectivity index (χ1v) is 11.9. The zero-order valence-electron chi connectivity index (χ0n) is 20.4. The van der Waals surface area contributed by atoms with E-state index < -0.39 is 18.0 Å². The third-order valence-corrected chi connectivity index (χ3v) is 5.56. The van der Waals surface area contributed by atoms with Crippen LogP contribution in [0.25, 0.3) is 11.1 Å². The monoisotopic (exact) mass is 535 g/mol. The van der Waals surface area contributed by atoms with Crippen LogP contribution in [0, 0.1) is 40.4 Å². The molecule has 0 spiro atoms. The Hall–Kier alpha value is -4.55. The topological polar surface area (TPSA) is 150 Å². The second-order valence-electron chi connectivity index (χ2n) is 7.74. The molecule has 5 N–H and O–H groups in total. The SMILES string of the molecule is CN=C/C(C#Cc1cc(-c2cc(C(F)F)ncc2OC)c(C(=O)NC(=N)SC(=N)C#CC2CC2)cn1)=C\N. The van der Waals surface area contributed by atoms with Crippen LogP contribution in [0.5, 0.6) is 5.75 Å². The number of thioether (sulfide) groups is 1. The number of amides is 1. The van der Waals surface area contributed by atoms with E-state index in [9.17, 15) is 13.6 Å². The summed E-state index contributed by atoms with van der Waals surface area (Å²) in [4.78, 5) is 24.9. The highest BCUT2D eigenvalue weighted by Crippen LogP contribution is 2.34. The van der Waals surface area contributed by atoms with Gasteiger partial charge in [0.25, 0.3) is 12.3 Å². The van der Waals surface area contributed by atoms with Crippen LogP contribution in [-0.2, 0) is 0 Å². The van der Waals surface area contributed by atoms with Gasteiger partial charge < -0.3 is 15.8 Å². The number of aromatic nitrogens is 2. The van der Waals surface area contributed by atoms with Gasteiger partial charge in [0.1, 0.15) is 22.2 Å². The van der Waals surface area contributed by atoms with Crippen molar-refractivity contribution in [2.45, 2.75) is 19.3 Å². The molecule has 3 rings (SSSR count). The largest absolute Gasteiger partial charge is 0.494 e. The van der Waals surface area contributed by atoms with Gasteiger partial charge in [-0.25, -0.2) is 13.8 Å². The Kier molecular flexibility index (Phi) is 9.68. The third-order valence-electron chi connectivity index (χ3n) is 4.95. The van der Waals surface area contributed by atoms with Crippen molar-refractivity contribution >= 4 is 34.1 Å². The summed E-state index contributed by atoms with van der Waals surface area (Å²) in [5.74, 6) is 10.8. The molecule has 0 unspecified atom stereocenters. The highest BCUT2D eigenvalue weighted by Gasteiger charge is 2.22. The molecular formula is C26H23F2N7O2S. The van der Waals surface area contributed by atoms with Crippen molar-refractivity contribution in [1.82, 2.24) is 15.3 Å². The molecule has 2 aromatic heterocycles. The van der Waals surface area contributed by atoms with Crippen LogP contribution < -0.4 is 15.8 Å². The molecule has 194 valence electrons. The first kappa shape index (κ1) is 28.0. The molecule has 2 heterocycles. The lowest BCUT2D eigenvalue weighted by Crippen LogP contribution is -2.29. The van der Waals surface area contributed by atoms with Gasteiger partial charge in [0, 0.05) is 42.7 Å². The van der Waals surface area contributed by atoms with E-state index in [1.807, 2.05) is 0 Å². The predicted molar refractivity (Wildman–Crippen MR) is 144 cm³/mol. The molecule has 1 amide bonds. The molecule has 0 radical (unpaired) electrons. The molecule has 0 aliphatic heterocycles. The summed E-state index contributed by atoms with van der Waals surface area (Å²) in [6.07, 6.45) is 4.19. The average Bonchev–Trinajstić information content (AvgIpc) is 3.73. The maximum absolute atomic E-state index is 13.5. The zero-order valence-corrected chi connectivity index (χ0v) is 21.2. The number of amidine groups is 1. The zero-order chi connectivity index (χ0) is 27.7. The maximum atomic E-state index is 13.5. The first-order chi connectivity index (χ1) is 18.2. The van der Waals surface area contributed by atoms with Crippen LogP contribution in [0.4, 0.5) is 8.78 Å². The van der Waals surface area contributed by atoms with Crippen LogP contribution in [0.1, 0.15) is 41.0 Å². The molecule has 9 nitrogen and oxygen atoms in total. The number of carbonyl (C=O) groups is 1. The number of ether oxygens (including phenoxy) is 1. The van der Waals surface area contributed by atoms with E-state index >= 15 is 0 Å². The highest BCUT2D eigenvalue weighted by molar-refractivity contribution is 8.26. The molecule has 1 aliphatic rings. The summed E-state index contributed by atoms with van der Waals surface area (Å²) in [5.41, 5.74) is 5.93. The molecule has 0 bridgehead atoms. The number of halogens is 2. The number of nitrogens with zero attached hydrogens (tertiary/aromatic N) is 3. The fraction of sp³-hybridized carbons (Fsp3) is 0.231. The summed E-state index contributed by atoms with van der Waals surface area (Å²) in [6.45, 7) is 0. The van der Waals surface area contributed by atoms with E-state index in [0.29, 0.717) is 17.3 Å². The van der Waals surface area contributed by atoms with Gasteiger partial charge in [0.05, 0.1) is 24.4 Å². The van der Waals surface area contributed by atoms with Crippen molar-refractivity contribution in [3.05, 3.63) is 53.3 Å². The summed E-state index contributed by atoms with van der Waals surface area (Å²) >= 11 is 0.684. The van der Waals surface area contributed by atoms with Crippen LogP contribution in [-0.4, -0.2) is 46.5 Å². The van der Waals surface area contributed by atoms with Crippen molar-refractivity contribution in [1.29, 1.82) is 10.8 Å². The van der Waals surface area contributed by atoms with Crippen molar-refractivity contribution < 1.29 is 18.3 Å². The smallest absolute Gasteiger partial charge is 0.280 e. The summed E-state index contributed by atoms with van der Waals surface area (Å²) in [5, 5.41) is 17.9. The molecule has 2 aromatic rings. The number of methoxy groups -OCH3 is 1. The number of carbonyl (C=O) groups excluding carboxylic acids is 1. The predicted octanol–water partition coefficient (Wildman–Crippen LogP) is 3.77. The van der Waals surface area contributed by atoms with Gasteiger partial charge in [-0.05, 0) is 48.6 Å². The summed E-state index contributed by atoms with van der Waals surface area (Å²) < 4.78 is 32.2. The van der Waals surface area contributed by atoms with E-state index in [1.165, 1.54) is 31.8 Å². The Bertz CT molecular complexity index is 1440. The number of pyridine rings is 2. The minimum absolute atomic E-state index is 0.0362. The van der Waals surface area contributed by atoms with Gasteiger partial charge in [-0.1, -0.05) is 11.8 Å². The van der Waals surface area contributed by atoms with Crippen LogP contribution in [0.2, 0.25) is 0 Å². The fourth-order valence-corrected chi connectivity index (χ4v) is 3.45. The molecule has 38 heavy (non-hydrogen) atoms. The molecule has 1 aliphatic carbocycles. The second-order valence-corrected chi connectivity index (χ2v) is 8.76. The molecule has 0 atom stereocenters. The number of hydrogen-bond donors (Lipinski definition) is 4. The van der Waals surface area contributed by atoms with Gasteiger partial charge in [-0.15, -0.1) is 0 Å². The Balaban J connectivity index is 2.01. The summed E-state index contributed by atoms with van der Waals surface area (Å²) in [6, 6.07) is 2.55. The number of nitrogens with one attached hydrogen (secondary N) is 3. The molecule has 0 aromatic carbocycles. The Labute approximate surface area is 222 Å². The van der Waals surface area contributed by atoms with E-state index in [2.05, 4.69) is 44.0 Å². The quantitative estimate of drug-likeness (QED) is 0.260. The standard InChI is InChI=1S/C26H23F2N7O2S/c1-32-12-16(11-29)5-7-17-9-18(19-10-21(24(27)28)34-14-22(19)37-2)20(13-33-17)25(36)35-26(31)38-23(30)8-6-15-3-4-15/h9-15,24,30H,3-4,29H2,1-2H3,(H2,31,35,36)/b16-11-,30-23?,32-12?. The third kappa shape index (κ3) is 7.72. The lowest BCUT2D eigenvalue weighted by Gasteiger charge is -2.14. The normalized spacial score (nSPS) is 12.8. The molecule has 1 fully saturated rings. The number of allylic oxidation sites excluding steroid dienone is 1. The fourth-order valence-electron chi connectivity index (χ4n) is 2.99. The van der Waals surface area contributed by atoms with E-state index in [-0.39, 0.29) is 44.3 Å². The Morgan fingerprint density at radius 1 is 1.26 bits per heavy atom. The lowest BCUT2D eigenvalue weighted by atomic mass is 9.99. The molecule has 0 saturated heterocycles. The van der Waals surface area contributed by atoms with Crippen molar-refractivity contribution in [3.63, 3.8) is 0 Å². The minimum Gasteiger partial charge on any atom is -0.494 e. The van der Waals surface area contributed by atoms with Gasteiger partial charge in [0.15, 0.2) is 5.17 Å². The van der Waals surface area contributed by atoms with E-state index in [1.54, 1.807) is 7.05 Å². The number of alkyl halides is 2. The number of rotatable bonds is 5. The van der Waals surface area contributed by atoms with Gasteiger partial charge in [0.2, 0.25) is 0 Å². The van der Waals surface area contributed by atoms with Crippen molar-refractivity contribution in [3.8, 4) is 40.6 Å². The minimum atomic E-state index is -2.86. The number of nitrogens with two attached hydrogens (primary N) is 1. The van der Waals surface area contributed by atoms with Crippen molar-refractivity contribution in [2.24, 2.45) is 16.6 Å². The Morgan fingerprint density at radius 2 is 2.03 bits per heavy atom. The summed E-state index contributed by atoms with van der Waals surface area (Å²) in [7, 11) is 2.90. The molecule has 1 saturated carbocycles. The van der Waals surface area contributed by atoms with Crippen molar-refractivity contribution in [2.75, 3.05) is 14.2 Å². The molecular weight excluding hydrogens is 512 g/mol. The first-order valence-electron chi connectivity index (χ1n) is 11.1. The van der Waals surface area contributed by atoms with Gasteiger partial charge >= 0.3 is 0 Å². The lowest BCUT2D eigenvalue weighted by molar-refractivity contribution is 0.0978. The number of hydrogen-bond acceptors (Lipinski definition) is 9. The van der Waals surface area contributed by atoms with Gasteiger partial charge in [-0.3, -0.25) is 25.6 Å². The van der Waals surface area contributed by atoms with Crippen LogP contribution >= 0.6 is 11.8 Å². The van der Waals surface area contributed by atoms with E-state index in [4.69, 9.17) is 21.3 Å². The highest BCUT2D eigenvalue weighted by atomic mass is 32.2. The maximum Gasteiger partial charge on any atom is 0.280 e. The van der Waals surface area contributed by atoms with Crippen LogP contribution in [0.3, 0.4) is 0 Å². The second kappa shape index (κ2) is 13.1. The average molecular weight is 536 g/mol. The van der Waals surface area contributed by atoms with E-state index in [0.717, 1.165) is 25.1 Å². The molecule has 12 heteroatoms. The van der Waals surface area contributed by atoms with Gasteiger partial charge in [-0.2, -0.15) is 0 Å². The Morgan fingerprint density at radius 3 is 2.66 bits per heavy atom. The van der Waals surface area contributed by atoms with Crippen LogP contribution in [0.15, 0.2) is 41.3 Å².